The molecule has 0 radical (unpaired) electrons. The fraction of sp³-hybridized carbons (Fsp3) is 0.636. The lowest BCUT2D eigenvalue weighted by molar-refractivity contribution is -0.148. The first kappa shape index (κ1) is 11.8. The first-order valence-electron chi connectivity index (χ1n) is 5.34. The lowest BCUT2D eigenvalue weighted by atomic mass is 10.0. The Morgan fingerprint density at radius 2 is 2.33 bits per heavy atom. The highest BCUT2D eigenvalue weighted by molar-refractivity contribution is 5.72. The van der Waals surface area contributed by atoms with E-state index in [4.69, 9.17) is 4.74 Å². The van der Waals surface area contributed by atoms with Gasteiger partial charge in [-0.2, -0.15) is 0 Å². The standard InChI is InChI=1S/C11H18N2O2/c1-4-9(11(14)15-5-2)6-10-12-7-8(3)13-10/h7,9H,4-6H2,1-3H3,(H,12,13). The van der Waals surface area contributed by atoms with Gasteiger partial charge in [-0.1, -0.05) is 6.92 Å². The Morgan fingerprint density at radius 3 is 2.80 bits per heavy atom. The van der Waals surface area contributed by atoms with Crippen LogP contribution in [0.4, 0.5) is 0 Å². The summed E-state index contributed by atoms with van der Waals surface area (Å²) in [5.74, 6) is 0.636. The van der Waals surface area contributed by atoms with Gasteiger partial charge in [0.1, 0.15) is 5.82 Å². The van der Waals surface area contributed by atoms with Gasteiger partial charge in [0.15, 0.2) is 0 Å². The number of carbonyl (C=O) groups is 1. The molecule has 0 saturated carbocycles. The molecular weight excluding hydrogens is 192 g/mol. The Bertz CT molecular complexity index is 320. The van der Waals surface area contributed by atoms with E-state index in [9.17, 15) is 4.79 Å². The van der Waals surface area contributed by atoms with E-state index in [1.165, 1.54) is 0 Å². The van der Waals surface area contributed by atoms with Crippen LogP contribution in [0.1, 0.15) is 31.8 Å². The van der Waals surface area contributed by atoms with Gasteiger partial charge in [0.25, 0.3) is 0 Å². The van der Waals surface area contributed by atoms with E-state index in [0.29, 0.717) is 13.0 Å². The van der Waals surface area contributed by atoms with Crippen molar-refractivity contribution in [2.75, 3.05) is 6.61 Å². The lowest BCUT2D eigenvalue weighted by Gasteiger charge is -2.11. The van der Waals surface area contributed by atoms with Crippen molar-refractivity contribution in [3.8, 4) is 0 Å². The molecule has 0 amide bonds. The summed E-state index contributed by atoms with van der Waals surface area (Å²) in [6.45, 7) is 6.16. The van der Waals surface area contributed by atoms with Crippen molar-refractivity contribution < 1.29 is 9.53 Å². The third-order valence-electron chi connectivity index (χ3n) is 2.31. The van der Waals surface area contributed by atoms with Gasteiger partial charge in [0.2, 0.25) is 0 Å². The molecule has 84 valence electrons. The van der Waals surface area contributed by atoms with Crippen LogP contribution in [0.15, 0.2) is 6.20 Å². The number of aryl methyl sites for hydroxylation is 1. The molecular formula is C11H18N2O2. The summed E-state index contributed by atoms with van der Waals surface area (Å²) in [6, 6.07) is 0. The number of H-pyrrole nitrogens is 1. The third-order valence-corrected chi connectivity index (χ3v) is 2.31. The second kappa shape index (κ2) is 5.53. The number of aromatic amines is 1. The number of ether oxygens (including phenoxy) is 1. The Kier molecular flexibility index (Phi) is 4.34. The SMILES string of the molecule is CCOC(=O)C(CC)Cc1nc(C)c[nH]1. The maximum Gasteiger partial charge on any atom is 0.309 e. The van der Waals surface area contributed by atoms with Crippen molar-refractivity contribution in [1.82, 2.24) is 9.97 Å². The van der Waals surface area contributed by atoms with Gasteiger partial charge < -0.3 is 9.72 Å². The fourth-order valence-electron chi connectivity index (χ4n) is 1.46. The van der Waals surface area contributed by atoms with Gasteiger partial charge in [-0.25, -0.2) is 4.98 Å². The molecule has 4 nitrogen and oxygen atoms in total. The molecule has 1 aromatic heterocycles. The first-order chi connectivity index (χ1) is 7.17. The van der Waals surface area contributed by atoms with Crippen LogP contribution in [0.3, 0.4) is 0 Å². The average molecular weight is 210 g/mol. The molecule has 0 aliphatic heterocycles. The van der Waals surface area contributed by atoms with Crippen LogP contribution in [0.25, 0.3) is 0 Å². The van der Waals surface area contributed by atoms with Gasteiger partial charge in [-0.3, -0.25) is 4.79 Å². The Balaban J connectivity index is 2.57. The minimum Gasteiger partial charge on any atom is -0.466 e. The van der Waals surface area contributed by atoms with Crippen LogP contribution in [0, 0.1) is 12.8 Å². The Hall–Kier alpha value is -1.32. The number of hydrogen-bond acceptors (Lipinski definition) is 3. The molecule has 15 heavy (non-hydrogen) atoms. The van der Waals surface area contributed by atoms with E-state index in [1.54, 1.807) is 0 Å². The number of nitrogens with zero attached hydrogens (tertiary/aromatic N) is 1. The minimum absolute atomic E-state index is 0.0875. The summed E-state index contributed by atoms with van der Waals surface area (Å²) in [5.41, 5.74) is 0.948. The van der Waals surface area contributed by atoms with Gasteiger partial charge in [-0.15, -0.1) is 0 Å². The maximum absolute atomic E-state index is 11.5. The Labute approximate surface area is 90.1 Å². The van der Waals surface area contributed by atoms with Gasteiger partial charge >= 0.3 is 5.97 Å². The molecule has 0 bridgehead atoms. The molecule has 1 aromatic rings. The third kappa shape index (κ3) is 3.38. The van der Waals surface area contributed by atoms with E-state index in [1.807, 2.05) is 27.0 Å². The van der Waals surface area contributed by atoms with E-state index in [-0.39, 0.29) is 11.9 Å². The molecule has 0 aliphatic carbocycles. The molecule has 1 atom stereocenters. The molecule has 0 saturated heterocycles. The highest BCUT2D eigenvalue weighted by Gasteiger charge is 2.19. The van der Waals surface area contributed by atoms with Gasteiger partial charge in [0, 0.05) is 12.6 Å². The molecule has 0 aromatic carbocycles. The lowest BCUT2D eigenvalue weighted by Crippen LogP contribution is -2.19. The van der Waals surface area contributed by atoms with Crippen LogP contribution in [-0.2, 0) is 16.0 Å². The number of esters is 1. The van der Waals surface area contributed by atoms with Crippen LogP contribution >= 0.6 is 0 Å². The molecule has 4 heteroatoms. The monoisotopic (exact) mass is 210 g/mol. The maximum atomic E-state index is 11.5. The zero-order chi connectivity index (χ0) is 11.3. The van der Waals surface area contributed by atoms with Crippen LogP contribution in [0.5, 0.6) is 0 Å². The highest BCUT2D eigenvalue weighted by Crippen LogP contribution is 2.11. The average Bonchev–Trinajstić information content (AvgIpc) is 2.61. The zero-order valence-electron chi connectivity index (χ0n) is 9.54. The van der Waals surface area contributed by atoms with E-state index in [0.717, 1.165) is 17.9 Å². The molecule has 0 spiro atoms. The van der Waals surface area contributed by atoms with Crippen LogP contribution in [-0.4, -0.2) is 22.5 Å². The zero-order valence-corrected chi connectivity index (χ0v) is 9.54. The summed E-state index contributed by atoms with van der Waals surface area (Å²) in [6.07, 6.45) is 3.25. The largest absolute Gasteiger partial charge is 0.466 e. The predicted molar refractivity (Wildman–Crippen MR) is 57.4 cm³/mol. The second-order valence-electron chi connectivity index (χ2n) is 3.55. The molecule has 1 N–H and O–H groups in total. The van der Waals surface area contributed by atoms with Crippen molar-refractivity contribution in [2.45, 2.75) is 33.6 Å². The molecule has 0 aliphatic rings. The summed E-state index contributed by atoms with van der Waals surface area (Å²) in [5, 5.41) is 0. The molecule has 0 fully saturated rings. The summed E-state index contributed by atoms with van der Waals surface area (Å²) < 4.78 is 4.99. The second-order valence-corrected chi connectivity index (χ2v) is 3.55. The quantitative estimate of drug-likeness (QED) is 0.754. The highest BCUT2D eigenvalue weighted by atomic mass is 16.5. The summed E-state index contributed by atoms with van der Waals surface area (Å²) in [4.78, 5) is 18.8. The number of hydrogen-bond donors (Lipinski definition) is 1. The van der Waals surface area contributed by atoms with Crippen LogP contribution in [0.2, 0.25) is 0 Å². The van der Waals surface area contributed by atoms with Crippen molar-refractivity contribution in [3.63, 3.8) is 0 Å². The Morgan fingerprint density at radius 1 is 1.60 bits per heavy atom. The smallest absolute Gasteiger partial charge is 0.309 e. The predicted octanol–water partition coefficient (Wildman–Crippen LogP) is 1.85. The minimum atomic E-state index is -0.131. The van der Waals surface area contributed by atoms with Crippen molar-refractivity contribution in [3.05, 3.63) is 17.7 Å². The van der Waals surface area contributed by atoms with Gasteiger partial charge in [0.05, 0.1) is 18.2 Å². The number of imidazole rings is 1. The number of carbonyl (C=O) groups excluding carboxylic acids is 1. The van der Waals surface area contributed by atoms with E-state index < -0.39 is 0 Å². The van der Waals surface area contributed by atoms with E-state index in [2.05, 4.69) is 9.97 Å². The summed E-state index contributed by atoms with van der Waals surface area (Å²) in [7, 11) is 0. The van der Waals surface area contributed by atoms with Crippen LogP contribution < -0.4 is 0 Å². The number of nitrogens with one attached hydrogen (secondary N) is 1. The van der Waals surface area contributed by atoms with Crippen molar-refractivity contribution in [2.24, 2.45) is 5.92 Å². The summed E-state index contributed by atoms with van der Waals surface area (Å²) >= 11 is 0. The molecule has 1 rings (SSSR count). The topological polar surface area (TPSA) is 55.0 Å². The normalized spacial score (nSPS) is 12.5. The molecule has 1 unspecified atom stereocenters. The first-order valence-corrected chi connectivity index (χ1v) is 5.34. The van der Waals surface area contributed by atoms with Crippen molar-refractivity contribution >= 4 is 5.97 Å². The number of rotatable bonds is 5. The van der Waals surface area contributed by atoms with E-state index >= 15 is 0 Å². The fourth-order valence-corrected chi connectivity index (χ4v) is 1.46. The van der Waals surface area contributed by atoms with Gasteiger partial charge in [-0.05, 0) is 20.3 Å². The number of aromatic nitrogens is 2. The van der Waals surface area contributed by atoms with Crippen molar-refractivity contribution in [1.29, 1.82) is 0 Å². The molecule has 1 heterocycles.